The Morgan fingerprint density at radius 2 is 1.94 bits per heavy atom. The van der Waals surface area contributed by atoms with Crippen LogP contribution in [0.25, 0.3) is 0 Å². The third-order valence-electron chi connectivity index (χ3n) is 2.59. The van der Waals surface area contributed by atoms with Crippen LogP contribution in [0.15, 0.2) is 24.5 Å². The molecule has 0 aliphatic heterocycles. The third kappa shape index (κ3) is 4.49. The van der Waals surface area contributed by atoms with Crippen LogP contribution in [0.2, 0.25) is 0 Å². The SMILES string of the molecule is CC(N)CCCC(C)C(=O)Nn1cccc1. The van der Waals surface area contributed by atoms with Crippen molar-refractivity contribution in [3.8, 4) is 0 Å². The van der Waals surface area contributed by atoms with Crippen LogP contribution in [0.4, 0.5) is 0 Å². The first kappa shape index (κ1) is 12.8. The fourth-order valence-electron chi connectivity index (χ4n) is 1.52. The number of aromatic nitrogens is 1. The van der Waals surface area contributed by atoms with E-state index in [-0.39, 0.29) is 17.9 Å². The molecule has 0 saturated heterocycles. The average Bonchev–Trinajstić information content (AvgIpc) is 2.69. The van der Waals surface area contributed by atoms with Gasteiger partial charge in [0.25, 0.3) is 0 Å². The first-order valence-corrected chi connectivity index (χ1v) is 5.79. The molecule has 90 valence electrons. The molecule has 0 fully saturated rings. The van der Waals surface area contributed by atoms with Crippen LogP contribution < -0.4 is 11.2 Å². The number of carbonyl (C=O) groups excluding carboxylic acids is 1. The smallest absolute Gasteiger partial charge is 0.241 e. The molecule has 0 spiro atoms. The van der Waals surface area contributed by atoms with Crippen molar-refractivity contribution < 1.29 is 4.79 Å². The minimum atomic E-state index is 0.0288. The number of nitrogens with zero attached hydrogens (tertiary/aromatic N) is 1. The first-order valence-electron chi connectivity index (χ1n) is 5.79. The molecule has 1 amide bonds. The molecule has 4 heteroatoms. The molecule has 0 saturated carbocycles. The lowest BCUT2D eigenvalue weighted by Crippen LogP contribution is -2.27. The second kappa shape index (κ2) is 6.33. The standard InChI is InChI=1S/C12H21N3O/c1-10(6-5-7-11(2)13)12(16)14-15-8-3-4-9-15/h3-4,8-11H,5-7,13H2,1-2H3,(H,14,16). The number of hydrogen-bond donors (Lipinski definition) is 2. The molecule has 0 aromatic carbocycles. The number of carbonyl (C=O) groups is 1. The Bertz CT molecular complexity index is 306. The summed E-state index contributed by atoms with van der Waals surface area (Å²) < 4.78 is 1.67. The van der Waals surface area contributed by atoms with Gasteiger partial charge in [-0.2, -0.15) is 0 Å². The second-order valence-corrected chi connectivity index (χ2v) is 4.38. The van der Waals surface area contributed by atoms with Crippen molar-refractivity contribution in [2.45, 2.75) is 39.2 Å². The Balaban J connectivity index is 2.25. The van der Waals surface area contributed by atoms with Crippen molar-refractivity contribution in [2.75, 3.05) is 5.43 Å². The Morgan fingerprint density at radius 3 is 2.50 bits per heavy atom. The monoisotopic (exact) mass is 223 g/mol. The Morgan fingerprint density at radius 1 is 1.31 bits per heavy atom. The lowest BCUT2D eigenvalue weighted by molar-refractivity contribution is -0.120. The molecule has 1 heterocycles. The van der Waals surface area contributed by atoms with E-state index in [1.807, 2.05) is 38.4 Å². The van der Waals surface area contributed by atoms with Gasteiger partial charge in [0.15, 0.2) is 0 Å². The van der Waals surface area contributed by atoms with E-state index in [1.54, 1.807) is 4.68 Å². The molecule has 1 aromatic heterocycles. The summed E-state index contributed by atoms with van der Waals surface area (Å²) in [5.41, 5.74) is 8.47. The third-order valence-corrected chi connectivity index (χ3v) is 2.59. The van der Waals surface area contributed by atoms with Crippen LogP contribution in [0.3, 0.4) is 0 Å². The quantitative estimate of drug-likeness (QED) is 0.771. The molecule has 0 bridgehead atoms. The van der Waals surface area contributed by atoms with Gasteiger partial charge in [0.05, 0.1) is 0 Å². The van der Waals surface area contributed by atoms with E-state index in [2.05, 4.69) is 5.43 Å². The summed E-state index contributed by atoms with van der Waals surface area (Å²) in [4.78, 5) is 11.7. The van der Waals surface area contributed by atoms with Gasteiger partial charge in [0.2, 0.25) is 5.91 Å². The van der Waals surface area contributed by atoms with Crippen molar-refractivity contribution in [1.82, 2.24) is 4.68 Å². The van der Waals surface area contributed by atoms with Crippen LogP contribution in [-0.4, -0.2) is 16.6 Å². The fraction of sp³-hybridized carbons (Fsp3) is 0.583. The van der Waals surface area contributed by atoms with E-state index < -0.39 is 0 Å². The fourth-order valence-corrected chi connectivity index (χ4v) is 1.52. The van der Waals surface area contributed by atoms with Gasteiger partial charge in [-0.25, -0.2) is 0 Å². The summed E-state index contributed by atoms with van der Waals surface area (Å²) in [6, 6.07) is 3.97. The van der Waals surface area contributed by atoms with Crippen LogP contribution in [0.5, 0.6) is 0 Å². The number of nitrogens with two attached hydrogens (primary N) is 1. The Hall–Kier alpha value is -1.29. The largest absolute Gasteiger partial charge is 0.328 e. The van der Waals surface area contributed by atoms with Gasteiger partial charge >= 0.3 is 0 Å². The van der Waals surface area contributed by atoms with E-state index >= 15 is 0 Å². The van der Waals surface area contributed by atoms with E-state index in [0.717, 1.165) is 19.3 Å². The van der Waals surface area contributed by atoms with E-state index in [0.29, 0.717) is 0 Å². The van der Waals surface area contributed by atoms with E-state index in [4.69, 9.17) is 5.73 Å². The molecular formula is C12H21N3O. The summed E-state index contributed by atoms with van der Waals surface area (Å²) in [6.45, 7) is 3.94. The van der Waals surface area contributed by atoms with Gasteiger partial charge in [-0.15, -0.1) is 0 Å². The number of nitrogens with one attached hydrogen (secondary N) is 1. The highest BCUT2D eigenvalue weighted by Gasteiger charge is 2.12. The molecule has 4 nitrogen and oxygen atoms in total. The van der Waals surface area contributed by atoms with Crippen LogP contribution in [-0.2, 0) is 4.79 Å². The predicted molar refractivity (Wildman–Crippen MR) is 65.5 cm³/mol. The van der Waals surface area contributed by atoms with Crippen LogP contribution in [0, 0.1) is 5.92 Å². The van der Waals surface area contributed by atoms with Crippen molar-refractivity contribution in [3.05, 3.63) is 24.5 Å². The topological polar surface area (TPSA) is 60.1 Å². The first-order chi connectivity index (χ1) is 7.59. The summed E-state index contributed by atoms with van der Waals surface area (Å²) in [5.74, 6) is 0.0852. The van der Waals surface area contributed by atoms with Crippen molar-refractivity contribution >= 4 is 5.91 Å². The summed E-state index contributed by atoms with van der Waals surface area (Å²) in [7, 11) is 0. The highest BCUT2D eigenvalue weighted by molar-refractivity contribution is 5.85. The zero-order chi connectivity index (χ0) is 12.0. The predicted octanol–water partition coefficient (Wildman–Crippen LogP) is 1.71. The van der Waals surface area contributed by atoms with Gasteiger partial charge in [-0.05, 0) is 31.9 Å². The van der Waals surface area contributed by atoms with Crippen molar-refractivity contribution in [2.24, 2.45) is 11.7 Å². The maximum Gasteiger partial charge on any atom is 0.241 e. The average molecular weight is 223 g/mol. The molecule has 1 rings (SSSR count). The van der Waals surface area contributed by atoms with Gasteiger partial charge in [0, 0.05) is 24.4 Å². The molecule has 16 heavy (non-hydrogen) atoms. The van der Waals surface area contributed by atoms with Gasteiger partial charge in [-0.1, -0.05) is 13.3 Å². The normalized spacial score (nSPS) is 14.4. The molecular weight excluding hydrogens is 202 g/mol. The van der Waals surface area contributed by atoms with Crippen LogP contribution in [0.1, 0.15) is 33.1 Å². The molecule has 0 aliphatic carbocycles. The Kier molecular flexibility index (Phi) is 5.05. The summed E-state index contributed by atoms with van der Waals surface area (Å²) >= 11 is 0. The zero-order valence-corrected chi connectivity index (χ0v) is 10.0. The van der Waals surface area contributed by atoms with Crippen molar-refractivity contribution in [3.63, 3.8) is 0 Å². The molecule has 1 aromatic rings. The molecule has 2 unspecified atom stereocenters. The maximum atomic E-state index is 11.7. The van der Waals surface area contributed by atoms with E-state index in [1.165, 1.54) is 0 Å². The second-order valence-electron chi connectivity index (χ2n) is 4.38. The van der Waals surface area contributed by atoms with E-state index in [9.17, 15) is 4.79 Å². The minimum Gasteiger partial charge on any atom is -0.328 e. The highest BCUT2D eigenvalue weighted by atomic mass is 16.2. The Labute approximate surface area is 96.8 Å². The van der Waals surface area contributed by atoms with Gasteiger partial charge < -0.3 is 5.73 Å². The van der Waals surface area contributed by atoms with Crippen LogP contribution >= 0.6 is 0 Å². The summed E-state index contributed by atoms with van der Waals surface area (Å²) in [5, 5.41) is 0. The lowest BCUT2D eigenvalue weighted by Gasteiger charge is -2.13. The van der Waals surface area contributed by atoms with Crippen molar-refractivity contribution in [1.29, 1.82) is 0 Å². The number of rotatable bonds is 6. The number of hydrogen-bond acceptors (Lipinski definition) is 2. The molecule has 2 atom stereocenters. The van der Waals surface area contributed by atoms with Gasteiger partial charge in [0.1, 0.15) is 0 Å². The highest BCUT2D eigenvalue weighted by Crippen LogP contribution is 2.09. The minimum absolute atomic E-state index is 0.0288. The summed E-state index contributed by atoms with van der Waals surface area (Å²) in [6.07, 6.45) is 6.48. The molecule has 3 N–H and O–H groups in total. The molecule has 0 radical (unpaired) electrons. The lowest BCUT2D eigenvalue weighted by atomic mass is 10.0. The zero-order valence-electron chi connectivity index (χ0n) is 10.0. The molecule has 0 aliphatic rings. The number of amides is 1. The maximum absolute atomic E-state index is 11.7. The van der Waals surface area contributed by atoms with Gasteiger partial charge in [-0.3, -0.25) is 14.9 Å².